The third kappa shape index (κ3) is 4.28. The molecule has 7 nitrogen and oxygen atoms in total. The molecule has 0 radical (unpaired) electrons. The largest absolute Gasteiger partial charge is 0.376 e. The molecule has 0 saturated carbocycles. The summed E-state index contributed by atoms with van der Waals surface area (Å²) < 4.78 is 7.80. The summed E-state index contributed by atoms with van der Waals surface area (Å²) in [5.41, 5.74) is 0. The number of likely N-dealkylation sites (N-methyl/N-ethyl adjacent to an activating group) is 1. The highest BCUT2D eigenvalue weighted by Gasteiger charge is 2.33. The Hall–Kier alpha value is -1.05. The average molecular weight is 324 g/mol. The fourth-order valence-corrected chi connectivity index (χ4v) is 3.84. The topological polar surface area (TPSA) is 61.7 Å². The number of quaternary nitrogens is 2. The van der Waals surface area contributed by atoms with Crippen molar-refractivity contribution in [2.45, 2.75) is 57.7 Å². The van der Waals surface area contributed by atoms with Gasteiger partial charge in [0.15, 0.2) is 0 Å². The van der Waals surface area contributed by atoms with Crippen LogP contribution in [0.15, 0.2) is 0 Å². The van der Waals surface area contributed by atoms with Crippen molar-refractivity contribution in [3.63, 3.8) is 0 Å². The van der Waals surface area contributed by atoms with Crippen LogP contribution in [-0.2, 0) is 11.3 Å². The van der Waals surface area contributed by atoms with Crippen LogP contribution in [0.25, 0.3) is 0 Å². The molecular weight excluding hydrogens is 292 g/mol. The van der Waals surface area contributed by atoms with E-state index in [0.29, 0.717) is 6.04 Å². The molecule has 130 valence electrons. The summed E-state index contributed by atoms with van der Waals surface area (Å²) in [5.74, 6) is 1.07. The number of rotatable bonds is 7. The Kier molecular flexibility index (Phi) is 5.96. The summed E-state index contributed by atoms with van der Waals surface area (Å²) in [6, 6.07) is 0.430. The van der Waals surface area contributed by atoms with E-state index in [1.807, 2.05) is 4.68 Å². The normalized spacial score (nSPS) is 29.7. The van der Waals surface area contributed by atoms with E-state index in [9.17, 15) is 0 Å². The third-order valence-corrected chi connectivity index (χ3v) is 5.36. The van der Waals surface area contributed by atoms with Crippen molar-refractivity contribution >= 4 is 0 Å². The van der Waals surface area contributed by atoms with Crippen molar-refractivity contribution in [2.24, 2.45) is 0 Å². The molecule has 3 heterocycles. The lowest BCUT2D eigenvalue weighted by molar-refractivity contribution is -1.02. The fourth-order valence-electron chi connectivity index (χ4n) is 3.84. The van der Waals surface area contributed by atoms with Crippen LogP contribution in [0, 0.1) is 0 Å². The van der Waals surface area contributed by atoms with Gasteiger partial charge in [-0.15, -0.1) is 5.10 Å². The predicted molar refractivity (Wildman–Crippen MR) is 86.4 cm³/mol. The van der Waals surface area contributed by atoms with Gasteiger partial charge in [-0.05, 0) is 29.7 Å². The van der Waals surface area contributed by atoms with Gasteiger partial charge in [-0.2, -0.15) is 0 Å². The molecule has 7 heteroatoms. The average Bonchev–Trinajstić information content (AvgIpc) is 3.22. The van der Waals surface area contributed by atoms with Gasteiger partial charge in [-0.3, -0.25) is 0 Å². The minimum atomic E-state index is 0.288. The molecule has 0 aliphatic carbocycles. The standard InChI is InChI=1S/C16H30N6O/c1-3-4-7-15(21-10-8-20(2)9-11-21)16-17-18-19-22(16)13-14-6-5-12-23-14/h14-15H,3-13H2,1-2H3/p+2/t14-,15-/m0/s1. The molecule has 23 heavy (non-hydrogen) atoms. The van der Waals surface area contributed by atoms with E-state index >= 15 is 0 Å². The summed E-state index contributed by atoms with van der Waals surface area (Å²) in [6.07, 6.45) is 6.22. The number of piperazine rings is 1. The van der Waals surface area contributed by atoms with Gasteiger partial charge in [-0.1, -0.05) is 13.3 Å². The molecule has 2 aliphatic rings. The maximum Gasteiger partial charge on any atom is 0.209 e. The van der Waals surface area contributed by atoms with Gasteiger partial charge < -0.3 is 14.5 Å². The van der Waals surface area contributed by atoms with Gasteiger partial charge in [-0.25, -0.2) is 4.68 Å². The number of tetrazole rings is 1. The van der Waals surface area contributed by atoms with Crippen LogP contribution < -0.4 is 9.80 Å². The summed E-state index contributed by atoms with van der Waals surface area (Å²) in [6.45, 7) is 8.86. The Labute approximate surface area is 139 Å². The lowest BCUT2D eigenvalue weighted by Gasteiger charge is -2.32. The molecule has 0 spiro atoms. The minimum Gasteiger partial charge on any atom is -0.376 e. The maximum absolute atomic E-state index is 5.78. The van der Waals surface area contributed by atoms with Crippen LogP contribution in [-0.4, -0.2) is 66.1 Å². The quantitative estimate of drug-likeness (QED) is 0.641. The predicted octanol–water partition coefficient (Wildman–Crippen LogP) is -1.50. The summed E-state index contributed by atoms with van der Waals surface area (Å²) in [4.78, 5) is 3.30. The molecule has 1 aromatic heterocycles. The SMILES string of the molecule is CCCC[C@@H](c1nnnn1C[C@@H]1CCCO1)[NH+]1CC[NH+](C)CC1. The number of ether oxygens (including phenoxy) is 1. The van der Waals surface area contributed by atoms with Crippen LogP contribution in [0.4, 0.5) is 0 Å². The van der Waals surface area contributed by atoms with Crippen molar-refractivity contribution < 1.29 is 14.5 Å². The molecule has 2 saturated heterocycles. The van der Waals surface area contributed by atoms with Crippen LogP contribution in [0.1, 0.15) is 50.9 Å². The highest BCUT2D eigenvalue weighted by molar-refractivity contribution is 4.88. The molecular formula is C16H32N6O+2. The monoisotopic (exact) mass is 324 g/mol. The lowest BCUT2D eigenvalue weighted by Crippen LogP contribution is -3.27. The fraction of sp³-hybridized carbons (Fsp3) is 0.938. The number of nitrogens with one attached hydrogen (secondary N) is 2. The molecule has 3 rings (SSSR count). The van der Waals surface area contributed by atoms with E-state index in [0.717, 1.165) is 31.8 Å². The Morgan fingerprint density at radius 2 is 2.13 bits per heavy atom. The second-order valence-electron chi connectivity index (χ2n) is 7.16. The van der Waals surface area contributed by atoms with Crippen LogP contribution in [0.2, 0.25) is 0 Å². The first kappa shape index (κ1) is 16.8. The molecule has 0 bridgehead atoms. The Morgan fingerprint density at radius 3 is 2.83 bits per heavy atom. The number of aromatic nitrogens is 4. The van der Waals surface area contributed by atoms with Gasteiger partial charge in [0.25, 0.3) is 0 Å². The van der Waals surface area contributed by atoms with E-state index < -0.39 is 0 Å². The van der Waals surface area contributed by atoms with Crippen LogP contribution in [0.5, 0.6) is 0 Å². The Balaban J connectivity index is 1.72. The van der Waals surface area contributed by atoms with Crippen molar-refractivity contribution in [2.75, 3.05) is 39.8 Å². The lowest BCUT2D eigenvalue weighted by atomic mass is 10.1. The van der Waals surface area contributed by atoms with Crippen molar-refractivity contribution in [3.8, 4) is 0 Å². The first-order valence-electron chi connectivity index (χ1n) is 9.31. The number of hydrogen-bond acceptors (Lipinski definition) is 4. The first-order chi connectivity index (χ1) is 11.3. The first-order valence-corrected chi connectivity index (χ1v) is 9.31. The van der Waals surface area contributed by atoms with Gasteiger partial charge in [0.2, 0.25) is 5.82 Å². The molecule has 0 amide bonds. The van der Waals surface area contributed by atoms with Crippen LogP contribution in [0.3, 0.4) is 0 Å². The molecule has 1 aromatic rings. The van der Waals surface area contributed by atoms with Gasteiger partial charge in [0, 0.05) is 13.0 Å². The summed E-state index contributed by atoms with van der Waals surface area (Å²) >= 11 is 0. The van der Waals surface area contributed by atoms with Crippen LogP contribution >= 0.6 is 0 Å². The van der Waals surface area contributed by atoms with Crippen molar-refractivity contribution in [1.29, 1.82) is 0 Å². The smallest absolute Gasteiger partial charge is 0.209 e. The van der Waals surface area contributed by atoms with E-state index in [1.165, 1.54) is 45.4 Å². The second kappa shape index (κ2) is 8.17. The van der Waals surface area contributed by atoms with Gasteiger partial charge in [0.1, 0.15) is 32.2 Å². The van der Waals surface area contributed by atoms with E-state index in [1.54, 1.807) is 9.80 Å². The number of hydrogen-bond donors (Lipinski definition) is 2. The molecule has 2 fully saturated rings. The zero-order chi connectivity index (χ0) is 16.1. The summed E-state index contributed by atoms with van der Waals surface area (Å²) in [7, 11) is 2.29. The van der Waals surface area contributed by atoms with Gasteiger partial charge >= 0.3 is 0 Å². The third-order valence-electron chi connectivity index (χ3n) is 5.36. The van der Waals surface area contributed by atoms with E-state index in [2.05, 4.69) is 29.5 Å². The maximum atomic E-state index is 5.78. The van der Waals surface area contributed by atoms with Gasteiger partial charge in [0.05, 0.1) is 19.7 Å². The molecule has 2 N–H and O–H groups in total. The Morgan fingerprint density at radius 1 is 1.30 bits per heavy atom. The van der Waals surface area contributed by atoms with Crippen molar-refractivity contribution in [1.82, 2.24) is 20.2 Å². The molecule has 2 atom stereocenters. The van der Waals surface area contributed by atoms with Crippen molar-refractivity contribution in [3.05, 3.63) is 5.82 Å². The highest BCUT2D eigenvalue weighted by atomic mass is 16.5. The number of nitrogens with zero attached hydrogens (tertiary/aromatic N) is 4. The zero-order valence-electron chi connectivity index (χ0n) is 14.6. The van der Waals surface area contributed by atoms with E-state index in [4.69, 9.17) is 4.74 Å². The minimum absolute atomic E-state index is 0.288. The number of unbranched alkanes of at least 4 members (excludes halogenated alkanes) is 1. The summed E-state index contributed by atoms with van der Waals surface area (Å²) in [5, 5.41) is 12.7. The Bertz CT molecular complexity index is 465. The molecule has 0 unspecified atom stereocenters. The molecule has 0 aromatic carbocycles. The highest BCUT2D eigenvalue weighted by Crippen LogP contribution is 2.18. The zero-order valence-corrected chi connectivity index (χ0v) is 14.6. The second-order valence-corrected chi connectivity index (χ2v) is 7.16. The van der Waals surface area contributed by atoms with E-state index in [-0.39, 0.29) is 6.10 Å². The molecule has 2 aliphatic heterocycles.